The van der Waals surface area contributed by atoms with Gasteiger partial charge in [0.25, 0.3) is 0 Å². The van der Waals surface area contributed by atoms with E-state index >= 15 is 0 Å². The number of carboxylic acid groups (broad SMARTS) is 1. The summed E-state index contributed by atoms with van der Waals surface area (Å²) in [7, 11) is 0. The van der Waals surface area contributed by atoms with Gasteiger partial charge < -0.3 is 19.5 Å². The molecule has 34 heavy (non-hydrogen) atoms. The SMILES string of the molecule is Cc1ccc(Cc2ccc(OC(=O)N3CCC(COc4ccc(C(=O)O)cc4)CC3)cc2)nc1. The minimum absolute atomic E-state index is 0.233. The summed E-state index contributed by atoms with van der Waals surface area (Å²) in [4.78, 5) is 29.6. The molecule has 0 atom stereocenters. The second-order valence-corrected chi connectivity index (χ2v) is 8.59. The summed E-state index contributed by atoms with van der Waals surface area (Å²) in [6.45, 7) is 3.77. The Kier molecular flexibility index (Phi) is 7.42. The lowest BCUT2D eigenvalue weighted by molar-refractivity contribution is 0.0696. The van der Waals surface area contributed by atoms with E-state index in [9.17, 15) is 9.59 Å². The Bertz CT molecular complexity index is 1100. The van der Waals surface area contributed by atoms with Gasteiger partial charge in [-0.25, -0.2) is 9.59 Å². The number of rotatable bonds is 7. The van der Waals surface area contributed by atoms with Gasteiger partial charge in [0.2, 0.25) is 0 Å². The van der Waals surface area contributed by atoms with Crippen LogP contribution in [0.1, 0.15) is 40.0 Å². The van der Waals surface area contributed by atoms with Crippen LogP contribution in [0, 0.1) is 12.8 Å². The van der Waals surface area contributed by atoms with Crippen molar-refractivity contribution in [2.75, 3.05) is 19.7 Å². The number of ether oxygens (including phenoxy) is 2. The third-order valence-corrected chi connectivity index (χ3v) is 5.95. The van der Waals surface area contributed by atoms with E-state index in [4.69, 9.17) is 14.6 Å². The van der Waals surface area contributed by atoms with Gasteiger partial charge in [-0.15, -0.1) is 0 Å². The second-order valence-electron chi connectivity index (χ2n) is 8.59. The van der Waals surface area contributed by atoms with Crippen LogP contribution in [0.4, 0.5) is 4.79 Å². The zero-order valence-corrected chi connectivity index (χ0v) is 19.1. The van der Waals surface area contributed by atoms with Gasteiger partial charge in [0.1, 0.15) is 11.5 Å². The van der Waals surface area contributed by atoms with Crippen LogP contribution in [-0.4, -0.2) is 46.7 Å². The minimum Gasteiger partial charge on any atom is -0.493 e. The number of carbonyl (C=O) groups is 2. The maximum atomic E-state index is 12.6. The standard InChI is InChI=1S/C27H28N2O5/c1-19-2-7-23(28-17-19)16-20-3-8-25(9-4-20)34-27(32)29-14-12-21(13-15-29)18-33-24-10-5-22(6-11-24)26(30)31/h2-11,17,21H,12-16,18H2,1H3,(H,30,31). The molecule has 176 valence electrons. The second kappa shape index (κ2) is 10.8. The lowest BCUT2D eigenvalue weighted by Crippen LogP contribution is -2.41. The Morgan fingerprint density at radius 3 is 2.26 bits per heavy atom. The molecule has 0 unspecified atom stereocenters. The molecule has 0 spiro atoms. The first-order valence-corrected chi connectivity index (χ1v) is 11.4. The first kappa shape index (κ1) is 23.3. The largest absolute Gasteiger partial charge is 0.493 e. The molecule has 1 aromatic heterocycles. The van der Waals surface area contributed by atoms with Gasteiger partial charge in [0.05, 0.1) is 12.2 Å². The van der Waals surface area contributed by atoms with Gasteiger partial charge in [-0.1, -0.05) is 18.2 Å². The van der Waals surface area contributed by atoms with Crippen molar-refractivity contribution in [2.24, 2.45) is 5.92 Å². The van der Waals surface area contributed by atoms with Gasteiger partial charge in [0, 0.05) is 31.4 Å². The van der Waals surface area contributed by atoms with Gasteiger partial charge in [-0.05, 0) is 79.3 Å². The van der Waals surface area contributed by atoms with Crippen molar-refractivity contribution in [2.45, 2.75) is 26.2 Å². The Hall–Kier alpha value is -3.87. The topological polar surface area (TPSA) is 89.0 Å². The minimum atomic E-state index is -0.957. The van der Waals surface area contributed by atoms with Gasteiger partial charge in [0.15, 0.2) is 0 Å². The quantitative estimate of drug-likeness (QED) is 0.536. The highest BCUT2D eigenvalue weighted by Gasteiger charge is 2.24. The highest BCUT2D eigenvalue weighted by molar-refractivity contribution is 5.87. The summed E-state index contributed by atoms with van der Waals surface area (Å²) in [6, 6.07) is 18.0. The average molecular weight is 461 g/mol. The van der Waals surface area contributed by atoms with E-state index in [1.54, 1.807) is 17.0 Å². The zero-order valence-electron chi connectivity index (χ0n) is 19.1. The molecule has 2 heterocycles. The number of piperidine rings is 1. The molecular weight excluding hydrogens is 432 g/mol. The number of aryl methyl sites for hydroxylation is 1. The monoisotopic (exact) mass is 460 g/mol. The number of hydrogen-bond acceptors (Lipinski definition) is 5. The number of carbonyl (C=O) groups excluding carboxylic acids is 1. The summed E-state index contributed by atoms with van der Waals surface area (Å²) in [5.41, 5.74) is 3.47. The van der Waals surface area contributed by atoms with Crippen LogP contribution in [0.3, 0.4) is 0 Å². The average Bonchev–Trinajstić information content (AvgIpc) is 2.86. The van der Waals surface area contributed by atoms with E-state index in [-0.39, 0.29) is 11.7 Å². The predicted molar refractivity (Wildman–Crippen MR) is 127 cm³/mol. The third kappa shape index (κ3) is 6.34. The fourth-order valence-corrected chi connectivity index (χ4v) is 3.84. The van der Waals surface area contributed by atoms with Crippen molar-refractivity contribution in [3.05, 3.63) is 89.2 Å². The van der Waals surface area contributed by atoms with Gasteiger partial charge >= 0.3 is 12.1 Å². The molecule has 0 radical (unpaired) electrons. The maximum Gasteiger partial charge on any atom is 0.415 e. The van der Waals surface area contributed by atoms with Crippen LogP contribution >= 0.6 is 0 Å². The molecule has 1 amide bonds. The maximum absolute atomic E-state index is 12.6. The number of nitrogens with zero attached hydrogens (tertiary/aromatic N) is 2. The number of amides is 1. The van der Waals surface area contributed by atoms with Crippen molar-refractivity contribution >= 4 is 12.1 Å². The molecule has 0 saturated carbocycles. The van der Waals surface area contributed by atoms with E-state index < -0.39 is 5.97 Å². The van der Waals surface area contributed by atoms with Crippen LogP contribution < -0.4 is 9.47 Å². The van der Waals surface area contributed by atoms with E-state index in [1.807, 2.05) is 49.5 Å². The van der Waals surface area contributed by atoms with Crippen molar-refractivity contribution < 1.29 is 24.2 Å². The number of hydrogen-bond donors (Lipinski definition) is 1. The van der Waals surface area contributed by atoms with Crippen LogP contribution in [0.15, 0.2) is 66.9 Å². The van der Waals surface area contributed by atoms with Crippen LogP contribution in [0.5, 0.6) is 11.5 Å². The Labute approximate surface area is 199 Å². The molecular formula is C27H28N2O5. The highest BCUT2D eigenvalue weighted by Crippen LogP contribution is 2.22. The summed E-state index contributed by atoms with van der Waals surface area (Å²) in [5, 5.41) is 8.96. The smallest absolute Gasteiger partial charge is 0.415 e. The molecule has 0 bridgehead atoms. The molecule has 1 saturated heterocycles. The van der Waals surface area contributed by atoms with Crippen LogP contribution in [-0.2, 0) is 6.42 Å². The lowest BCUT2D eigenvalue weighted by Gasteiger charge is -2.31. The van der Waals surface area contributed by atoms with Crippen molar-refractivity contribution in [1.29, 1.82) is 0 Å². The fourth-order valence-electron chi connectivity index (χ4n) is 3.84. The number of pyridine rings is 1. The summed E-state index contributed by atoms with van der Waals surface area (Å²) >= 11 is 0. The van der Waals surface area contributed by atoms with E-state index in [0.717, 1.165) is 36.1 Å². The number of aromatic carboxylic acids is 1. The molecule has 7 heteroatoms. The highest BCUT2D eigenvalue weighted by atomic mass is 16.6. The van der Waals surface area contributed by atoms with Crippen molar-refractivity contribution in [1.82, 2.24) is 9.88 Å². The van der Waals surface area contributed by atoms with Gasteiger partial charge in [-0.2, -0.15) is 0 Å². The van der Waals surface area contributed by atoms with Gasteiger partial charge in [-0.3, -0.25) is 4.98 Å². The third-order valence-electron chi connectivity index (χ3n) is 5.95. The number of benzene rings is 2. The zero-order chi connectivity index (χ0) is 23.9. The summed E-state index contributed by atoms with van der Waals surface area (Å²) < 4.78 is 11.4. The van der Waals surface area contributed by atoms with E-state index in [0.29, 0.717) is 37.1 Å². The Balaban J connectivity index is 1.20. The van der Waals surface area contributed by atoms with Crippen molar-refractivity contribution in [3.8, 4) is 11.5 Å². The van der Waals surface area contributed by atoms with E-state index in [2.05, 4.69) is 4.98 Å². The Morgan fingerprint density at radius 2 is 1.65 bits per heavy atom. The van der Waals surface area contributed by atoms with E-state index in [1.165, 1.54) is 12.1 Å². The molecule has 1 aliphatic rings. The summed E-state index contributed by atoms with van der Waals surface area (Å²) in [5.74, 6) is 0.550. The first-order valence-electron chi connectivity index (χ1n) is 11.4. The van der Waals surface area contributed by atoms with Crippen LogP contribution in [0.2, 0.25) is 0 Å². The molecule has 1 aliphatic heterocycles. The molecule has 3 aromatic rings. The number of carboxylic acids is 1. The van der Waals surface area contributed by atoms with Crippen molar-refractivity contribution in [3.63, 3.8) is 0 Å². The molecule has 0 aliphatic carbocycles. The molecule has 1 N–H and O–H groups in total. The first-order chi connectivity index (χ1) is 16.5. The predicted octanol–water partition coefficient (Wildman–Crippen LogP) is 4.97. The molecule has 4 rings (SSSR count). The fraction of sp³-hybridized carbons (Fsp3) is 0.296. The van der Waals surface area contributed by atoms with Crippen LogP contribution in [0.25, 0.3) is 0 Å². The molecule has 2 aromatic carbocycles. The lowest BCUT2D eigenvalue weighted by atomic mass is 9.98. The molecule has 7 nitrogen and oxygen atoms in total. The summed E-state index contributed by atoms with van der Waals surface area (Å²) in [6.07, 6.45) is 3.90. The molecule has 1 fully saturated rings. The Morgan fingerprint density at radius 1 is 0.971 bits per heavy atom. The number of aromatic nitrogens is 1. The normalized spacial score (nSPS) is 14.0. The number of likely N-dealkylation sites (tertiary alicyclic amines) is 1.